The van der Waals surface area contributed by atoms with Gasteiger partial charge in [0.25, 0.3) is 0 Å². The number of ether oxygens (including phenoxy) is 1. The average molecular weight is 270 g/mol. The van der Waals surface area contributed by atoms with E-state index in [-0.39, 0.29) is 6.42 Å². The molecule has 0 spiro atoms. The second-order valence-electron chi connectivity index (χ2n) is 4.56. The summed E-state index contributed by atoms with van der Waals surface area (Å²) in [6.45, 7) is 1.82. The Bertz CT molecular complexity index is 556. The van der Waals surface area contributed by atoms with Crippen molar-refractivity contribution < 1.29 is 22.7 Å². The summed E-state index contributed by atoms with van der Waals surface area (Å²) in [6.07, 6.45) is -3.78. The van der Waals surface area contributed by atoms with Gasteiger partial charge in [-0.15, -0.1) is 0 Å². The number of halogens is 3. The average Bonchev–Trinajstić information content (AvgIpc) is 2.64. The van der Waals surface area contributed by atoms with Crippen LogP contribution in [0.15, 0.2) is 23.8 Å². The van der Waals surface area contributed by atoms with Gasteiger partial charge in [-0.1, -0.05) is 11.6 Å². The molecule has 19 heavy (non-hydrogen) atoms. The van der Waals surface area contributed by atoms with E-state index < -0.39 is 17.7 Å². The second-order valence-corrected chi connectivity index (χ2v) is 4.56. The predicted octanol–water partition coefficient (Wildman–Crippen LogP) is 3.60. The van der Waals surface area contributed by atoms with E-state index in [0.717, 1.165) is 23.3 Å². The topological polar surface area (TPSA) is 26.3 Å². The van der Waals surface area contributed by atoms with E-state index in [0.29, 0.717) is 17.6 Å². The lowest BCUT2D eigenvalue weighted by Crippen LogP contribution is -2.06. The van der Waals surface area contributed by atoms with Gasteiger partial charge < -0.3 is 4.74 Å². The summed E-state index contributed by atoms with van der Waals surface area (Å²) in [6, 6.07) is 3.67. The van der Waals surface area contributed by atoms with Crippen LogP contribution in [-0.4, -0.2) is 13.1 Å². The molecule has 5 heteroatoms. The van der Waals surface area contributed by atoms with Crippen LogP contribution in [0.25, 0.3) is 5.57 Å². The summed E-state index contributed by atoms with van der Waals surface area (Å²) >= 11 is 0. The number of carbonyl (C=O) groups excluding carboxylic acids is 1. The number of allylic oxidation sites excluding steroid dienone is 1. The Labute approximate surface area is 108 Å². The Hall–Kier alpha value is -1.78. The monoisotopic (exact) mass is 270 g/mol. The minimum atomic E-state index is -4.37. The van der Waals surface area contributed by atoms with Crippen molar-refractivity contribution in [3.63, 3.8) is 0 Å². The molecule has 2 rings (SSSR count). The number of hydrogen-bond donors (Lipinski definition) is 0. The lowest BCUT2D eigenvalue weighted by atomic mass is 10.00. The van der Waals surface area contributed by atoms with Crippen molar-refractivity contribution in [3.05, 3.63) is 40.5 Å². The van der Waals surface area contributed by atoms with Crippen LogP contribution in [-0.2, 0) is 22.1 Å². The highest BCUT2D eigenvalue weighted by Crippen LogP contribution is 2.39. The summed E-state index contributed by atoms with van der Waals surface area (Å²) in [5.41, 5.74) is 2.21. The normalized spacial score (nSPS) is 14.6. The number of fused-ring (bicyclic) bond motifs is 1. The van der Waals surface area contributed by atoms with Crippen LogP contribution in [0.2, 0.25) is 0 Å². The maximum atomic E-state index is 12.7. The number of carbonyl (C=O) groups is 1. The van der Waals surface area contributed by atoms with E-state index in [1.54, 1.807) is 0 Å². The van der Waals surface area contributed by atoms with E-state index in [2.05, 4.69) is 4.74 Å². The molecule has 0 radical (unpaired) electrons. The van der Waals surface area contributed by atoms with Crippen molar-refractivity contribution >= 4 is 11.5 Å². The number of benzene rings is 1. The summed E-state index contributed by atoms with van der Waals surface area (Å²) in [5.74, 6) is -0.445. The maximum Gasteiger partial charge on any atom is 0.416 e. The van der Waals surface area contributed by atoms with Crippen molar-refractivity contribution in [3.8, 4) is 0 Å². The van der Waals surface area contributed by atoms with Gasteiger partial charge >= 0.3 is 12.1 Å². The third-order valence-corrected chi connectivity index (χ3v) is 3.28. The lowest BCUT2D eigenvalue weighted by Gasteiger charge is -2.10. The van der Waals surface area contributed by atoms with Gasteiger partial charge in [-0.2, -0.15) is 13.2 Å². The molecule has 2 nitrogen and oxygen atoms in total. The Morgan fingerprint density at radius 3 is 2.63 bits per heavy atom. The van der Waals surface area contributed by atoms with Crippen molar-refractivity contribution in [2.75, 3.05) is 7.11 Å². The Kier molecular flexibility index (Phi) is 3.39. The fraction of sp³-hybridized carbons (Fsp3) is 0.357. The van der Waals surface area contributed by atoms with E-state index in [1.807, 2.05) is 6.92 Å². The fourth-order valence-corrected chi connectivity index (χ4v) is 2.27. The van der Waals surface area contributed by atoms with Gasteiger partial charge in [0.1, 0.15) is 0 Å². The first-order valence-corrected chi connectivity index (χ1v) is 5.79. The minimum absolute atomic E-state index is 0.0106. The number of rotatable bonds is 2. The van der Waals surface area contributed by atoms with E-state index in [4.69, 9.17) is 0 Å². The Balaban J connectivity index is 2.41. The predicted molar refractivity (Wildman–Crippen MR) is 64.4 cm³/mol. The van der Waals surface area contributed by atoms with Gasteiger partial charge in [-0.25, -0.2) is 0 Å². The van der Waals surface area contributed by atoms with Crippen LogP contribution in [0.1, 0.15) is 30.0 Å². The number of alkyl halides is 3. The molecule has 0 atom stereocenters. The molecular formula is C14H13F3O2. The first-order chi connectivity index (χ1) is 8.82. The first-order valence-electron chi connectivity index (χ1n) is 5.79. The zero-order valence-electron chi connectivity index (χ0n) is 10.6. The SMILES string of the molecule is COC(=O)CC1=C(C)Cc2ccc(C(F)(F)F)cc21. The highest BCUT2D eigenvalue weighted by atomic mass is 19.4. The summed E-state index contributed by atoms with van der Waals surface area (Å²) < 4.78 is 42.7. The van der Waals surface area contributed by atoms with Gasteiger partial charge in [0.05, 0.1) is 19.1 Å². The van der Waals surface area contributed by atoms with Crippen molar-refractivity contribution in [1.29, 1.82) is 0 Å². The zero-order chi connectivity index (χ0) is 14.2. The van der Waals surface area contributed by atoms with E-state index in [1.165, 1.54) is 13.2 Å². The molecule has 1 aliphatic carbocycles. The van der Waals surface area contributed by atoms with Gasteiger partial charge in [0.2, 0.25) is 0 Å². The molecule has 0 fully saturated rings. The molecule has 102 valence electrons. The number of esters is 1. The summed E-state index contributed by atoms with van der Waals surface area (Å²) in [5, 5.41) is 0. The van der Waals surface area contributed by atoms with Gasteiger partial charge in [-0.3, -0.25) is 4.79 Å². The Morgan fingerprint density at radius 2 is 2.05 bits per heavy atom. The number of hydrogen-bond acceptors (Lipinski definition) is 2. The van der Waals surface area contributed by atoms with Crippen LogP contribution in [0.5, 0.6) is 0 Å². The zero-order valence-corrected chi connectivity index (χ0v) is 10.6. The third-order valence-electron chi connectivity index (χ3n) is 3.28. The third kappa shape index (κ3) is 2.64. The molecule has 1 aliphatic rings. The van der Waals surface area contributed by atoms with E-state index in [9.17, 15) is 18.0 Å². The molecule has 1 aromatic rings. The molecule has 0 N–H and O–H groups in total. The van der Waals surface area contributed by atoms with Crippen LogP contribution < -0.4 is 0 Å². The van der Waals surface area contributed by atoms with Gasteiger partial charge in [0.15, 0.2) is 0 Å². The highest BCUT2D eigenvalue weighted by molar-refractivity contribution is 5.89. The quantitative estimate of drug-likeness (QED) is 0.767. The van der Waals surface area contributed by atoms with Crippen molar-refractivity contribution in [1.82, 2.24) is 0 Å². The molecule has 0 unspecified atom stereocenters. The van der Waals surface area contributed by atoms with Crippen molar-refractivity contribution in [2.45, 2.75) is 25.9 Å². The standard InChI is InChI=1S/C14H13F3O2/c1-8-5-9-3-4-10(14(15,16)17)6-12(9)11(8)7-13(18)19-2/h3-4,6H,5,7H2,1-2H3. The molecule has 0 saturated heterocycles. The highest BCUT2D eigenvalue weighted by Gasteiger charge is 2.32. The molecule has 0 aliphatic heterocycles. The molecule has 0 amide bonds. The fourth-order valence-electron chi connectivity index (χ4n) is 2.27. The molecule has 0 heterocycles. The summed E-state index contributed by atoms with van der Waals surface area (Å²) in [7, 11) is 1.26. The number of methoxy groups -OCH3 is 1. The first kappa shape index (κ1) is 13.6. The van der Waals surface area contributed by atoms with Gasteiger partial charge in [-0.05, 0) is 42.2 Å². The molecule has 0 saturated carbocycles. The second kappa shape index (κ2) is 4.72. The molecular weight excluding hydrogens is 257 g/mol. The molecule has 0 bridgehead atoms. The van der Waals surface area contributed by atoms with Crippen LogP contribution in [0.3, 0.4) is 0 Å². The van der Waals surface area contributed by atoms with Gasteiger partial charge in [0, 0.05) is 0 Å². The minimum Gasteiger partial charge on any atom is -0.469 e. The van der Waals surface area contributed by atoms with Crippen LogP contribution in [0, 0.1) is 0 Å². The van der Waals surface area contributed by atoms with Crippen LogP contribution in [0.4, 0.5) is 13.2 Å². The van der Waals surface area contributed by atoms with Crippen molar-refractivity contribution in [2.24, 2.45) is 0 Å². The lowest BCUT2D eigenvalue weighted by molar-refractivity contribution is -0.139. The maximum absolute atomic E-state index is 12.7. The summed E-state index contributed by atoms with van der Waals surface area (Å²) in [4.78, 5) is 11.3. The largest absolute Gasteiger partial charge is 0.469 e. The molecule has 0 aromatic heterocycles. The molecule has 1 aromatic carbocycles. The van der Waals surface area contributed by atoms with E-state index >= 15 is 0 Å². The Morgan fingerprint density at radius 1 is 1.37 bits per heavy atom. The van der Waals surface area contributed by atoms with Crippen LogP contribution >= 0.6 is 0 Å². The smallest absolute Gasteiger partial charge is 0.416 e.